The van der Waals surface area contributed by atoms with Crippen LogP contribution in [-0.4, -0.2) is 46.1 Å². The number of nitrogens with zero attached hydrogens (tertiary/aromatic N) is 4. The van der Waals surface area contributed by atoms with Gasteiger partial charge in [0.05, 0.1) is 17.9 Å². The second kappa shape index (κ2) is 10.2. The van der Waals surface area contributed by atoms with Crippen LogP contribution in [0.25, 0.3) is 11.0 Å². The first kappa shape index (κ1) is 21.7. The number of anilines is 4. The highest BCUT2D eigenvalue weighted by molar-refractivity contribution is 5.90. The molecule has 8 nitrogen and oxygen atoms in total. The molecular weight excluding hydrogens is 426 g/mol. The molecule has 34 heavy (non-hydrogen) atoms. The topological polar surface area (TPSA) is 102 Å². The predicted octanol–water partition coefficient (Wildman–Crippen LogP) is 4.99. The van der Waals surface area contributed by atoms with Crippen LogP contribution in [0.2, 0.25) is 0 Å². The Balaban J connectivity index is 1.27. The van der Waals surface area contributed by atoms with Gasteiger partial charge in [0.15, 0.2) is 0 Å². The van der Waals surface area contributed by atoms with Crippen LogP contribution >= 0.6 is 0 Å². The molecule has 3 heterocycles. The first-order valence-electron chi connectivity index (χ1n) is 11.6. The molecule has 3 N–H and O–H groups in total. The van der Waals surface area contributed by atoms with E-state index in [1.807, 2.05) is 60.8 Å². The monoisotopic (exact) mass is 453 g/mol. The van der Waals surface area contributed by atoms with Crippen molar-refractivity contribution in [2.45, 2.75) is 19.3 Å². The Morgan fingerprint density at radius 1 is 1.00 bits per heavy atom. The average Bonchev–Trinajstić information content (AvgIpc) is 3.53. The van der Waals surface area contributed by atoms with Crippen molar-refractivity contribution in [1.29, 1.82) is 5.26 Å². The zero-order valence-electron chi connectivity index (χ0n) is 18.9. The van der Waals surface area contributed by atoms with Gasteiger partial charge in [-0.25, -0.2) is 0 Å². The van der Waals surface area contributed by atoms with Gasteiger partial charge in [-0.15, -0.1) is 0 Å². The standard InChI is InChI=1S/C26H27N7O/c27-12-10-19-4-3-5-21(18-19)29-25-23-11-13-28-24(23)31-26(32-25)30-20-6-8-22(9-7-20)34-17-16-33-14-1-2-15-33/h3-9,11,13,18H,1-2,10,14-17H2,(H3,28,29,30,31,32). The van der Waals surface area contributed by atoms with E-state index in [4.69, 9.17) is 15.0 Å². The number of nitrogens with one attached hydrogen (secondary N) is 3. The van der Waals surface area contributed by atoms with Crippen molar-refractivity contribution >= 4 is 34.2 Å². The zero-order valence-corrected chi connectivity index (χ0v) is 18.9. The van der Waals surface area contributed by atoms with Crippen LogP contribution in [0.1, 0.15) is 18.4 Å². The fraction of sp³-hybridized carbons (Fsp3) is 0.269. The van der Waals surface area contributed by atoms with Crippen molar-refractivity contribution in [2.24, 2.45) is 0 Å². The van der Waals surface area contributed by atoms with E-state index in [0.29, 0.717) is 24.8 Å². The van der Waals surface area contributed by atoms with Gasteiger partial charge in [-0.05, 0) is 74.0 Å². The van der Waals surface area contributed by atoms with Gasteiger partial charge in [-0.1, -0.05) is 12.1 Å². The molecule has 1 aliphatic heterocycles. The highest BCUT2D eigenvalue weighted by Gasteiger charge is 2.12. The number of likely N-dealkylation sites (tertiary alicyclic amines) is 1. The molecular formula is C26H27N7O. The molecule has 4 aromatic rings. The van der Waals surface area contributed by atoms with Crippen LogP contribution in [0.5, 0.6) is 5.75 Å². The van der Waals surface area contributed by atoms with Crippen LogP contribution in [0, 0.1) is 11.3 Å². The van der Waals surface area contributed by atoms with Crippen molar-refractivity contribution in [1.82, 2.24) is 19.9 Å². The number of ether oxygens (including phenoxy) is 1. The molecule has 0 bridgehead atoms. The molecule has 8 heteroatoms. The summed E-state index contributed by atoms with van der Waals surface area (Å²) in [5.41, 5.74) is 3.43. The van der Waals surface area contributed by atoms with E-state index >= 15 is 0 Å². The van der Waals surface area contributed by atoms with Gasteiger partial charge in [-0.3, -0.25) is 4.90 Å². The van der Waals surface area contributed by atoms with E-state index in [1.54, 1.807) is 0 Å². The van der Waals surface area contributed by atoms with Gasteiger partial charge in [0, 0.05) is 24.1 Å². The van der Waals surface area contributed by atoms with Gasteiger partial charge < -0.3 is 20.4 Å². The Kier molecular flexibility index (Phi) is 6.54. The maximum atomic E-state index is 8.98. The summed E-state index contributed by atoms with van der Waals surface area (Å²) < 4.78 is 5.90. The summed E-state index contributed by atoms with van der Waals surface area (Å²) in [6.07, 6.45) is 4.79. The fourth-order valence-electron chi connectivity index (χ4n) is 4.14. The van der Waals surface area contributed by atoms with Crippen LogP contribution < -0.4 is 15.4 Å². The van der Waals surface area contributed by atoms with Gasteiger partial charge in [0.1, 0.15) is 23.8 Å². The van der Waals surface area contributed by atoms with Crippen LogP contribution in [0.4, 0.5) is 23.1 Å². The molecule has 2 aromatic heterocycles. The van der Waals surface area contributed by atoms with Gasteiger partial charge in [0.25, 0.3) is 0 Å². The zero-order chi connectivity index (χ0) is 23.2. The minimum Gasteiger partial charge on any atom is -0.492 e. The third kappa shape index (κ3) is 5.27. The molecule has 5 rings (SSSR count). The lowest BCUT2D eigenvalue weighted by Crippen LogP contribution is -2.25. The number of fused-ring (bicyclic) bond motifs is 1. The third-order valence-corrected chi connectivity index (χ3v) is 5.87. The highest BCUT2D eigenvalue weighted by Crippen LogP contribution is 2.27. The van der Waals surface area contributed by atoms with Gasteiger partial charge in [0.2, 0.25) is 5.95 Å². The number of rotatable bonds is 9. The van der Waals surface area contributed by atoms with Gasteiger partial charge in [-0.2, -0.15) is 15.2 Å². The highest BCUT2D eigenvalue weighted by atomic mass is 16.5. The molecule has 0 aliphatic carbocycles. The molecule has 1 fully saturated rings. The quantitative estimate of drug-likeness (QED) is 0.328. The molecule has 0 radical (unpaired) electrons. The largest absolute Gasteiger partial charge is 0.492 e. The number of hydrogen-bond acceptors (Lipinski definition) is 7. The molecule has 0 amide bonds. The van der Waals surface area contributed by atoms with Crippen molar-refractivity contribution in [3.05, 3.63) is 66.4 Å². The summed E-state index contributed by atoms with van der Waals surface area (Å²) in [7, 11) is 0. The van der Waals surface area contributed by atoms with E-state index in [1.165, 1.54) is 25.9 Å². The Morgan fingerprint density at radius 3 is 2.68 bits per heavy atom. The maximum absolute atomic E-state index is 8.98. The third-order valence-electron chi connectivity index (χ3n) is 5.87. The minimum atomic E-state index is 0.365. The van der Waals surface area contributed by atoms with Crippen LogP contribution in [0.15, 0.2) is 60.8 Å². The lowest BCUT2D eigenvalue weighted by atomic mass is 10.1. The molecule has 0 atom stereocenters. The summed E-state index contributed by atoms with van der Waals surface area (Å²) in [6.45, 7) is 4.03. The molecule has 2 aromatic carbocycles. The summed E-state index contributed by atoms with van der Waals surface area (Å²) in [5, 5.41) is 16.5. The minimum absolute atomic E-state index is 0.365. The first-order valence-corrected chi connectivity index (χ1v) is 11.6. The number of aromatic nitrogens is 3. The SMILES string of the molecule is N#CCc1cccc(Nc2nc(Nc3ccc(OCCN4CCCC4)cc3)nc3[nH]ccc23)c1. The molecule has 1 aliphatic rings. The molecule has 1 saturated heterocycles. The summed E-state index contributed by atoms with van der Waals surface area (Å²) in [4.78, 5) is 14.9. The summed E-state index contributed by atoms with van der Waals surface area (Å²) in [5.74, 6) is 2.02. The molecule has 0 saturated carbocycles. The van der Waals surface area contributed by atoms with Gasteiger partial charge >= 0.3 is 0 Å². The van der Waals surface area contributed by atoms with Crippen molar-refractivity contribution in [3.63, 3.8) is 0 Å². The Hall–Kier alpha value is -4.09. The number of benzene rings is 2. The average molecular weight is 454 g/mol. The Bertz CT molecular complexity index is 1290. The number of aromatic amines is 1. The second-order valence-electron chi connectivity index (χ2n) is 8.34. The normalized spacial score (nSPS) is 13.6. The fourth-order valence-corrected chi connectivity index (χ4v) is 4.14. The van der Waals surface area contributed by atoms with E-state index in [9.17, 15) is 0 Å². The summed E-state index contributed by atoms with van der Waals surface area (Å²) >= 11 is 0. The first-order chi connectivity index (χ1) is 16.8. The molecule has 0 spiro atoms. The van der Waals surface area contributed by atoms with Crippen LogP contribution in [-0.2, 0) is 6.42 Å². The molecule has 0 unspecified atom stereocenters. The predicted molar refractivity (Wildman–Crippen MR) is 134 cm³/mol. The van der Waals surface area contributed by atoms with E-state index in [0.717, 1.165) is 40.3 Å². The van der Waals surface area contributed by atoms with Crippen LogP contribution in [0.3, 0.4) is 0 Å². The molecule has 172 valence electrons. The van der Waals surface area contributed by atoms with Crippen molar-refractivity contribution < 1.29 is 4.74 Å². The van der Waals surface area contributed by atoms with Crippen molar-refractivity contribution in [3.8, 4) is 11.8 Å². The lowest BCUT2D eigenvalue weighted by Gasteiger charge is -2.15. The maximum Gasteiger partial charge on any atom is 0.231 e. The number of nitriles is 1. The van der Waals surface area contributed by atoms with E-state index in [2.05, 4.69) is 31.6 Å². The Labute approximate surface area is 198 Å². The second-order valence-corrected chi connectivity index (χ2v) is 8.34. The van der Waals surface area contributed by atoms with Crippen molar-refractivity contribution in [2.75, 3.05) is 36.9 Å². The number of H-pyrrole nitrogens is 1. The Morgan fingerprint density at radius 2 is 1.85 bits per heavy atom. The smallest absolute Gasteiger partial charge is 0.231 e. The lowest BCUT2D eigenvalue weighted by molar-refractivity contribution is 0.238. The summed E-state index contributed by atoms with van der Waals surface area (Å²) in [6, 6.07) is 19.7. The number of hydrogen-bond donors (Lipinski definition) is 3. The van der Waals surface area contributed by atoms with E-state index < -0.39 is 0 Å². The van der Waals surface area contributed by atoms with E-state index in [-0.39, 0.29) is 0 Å².